The molecule has 106 valence electrons. The highest BCUT2D eigenvalue weighted by Crippen LogP contribution is 2.29. The lowest BCUT2D eigenvalue weighted by atomic mass is 10.2. The molecule has 0 aliphatic carbocycles. The van der Waals surface area contributed by atoms with Gasteiger partial charge in [0, 0.05) is 11.4 Å². The SMILES string of the molecule is O[C@H]1CN[C@H](c2nc(CSc3ccccc3Cl)no2)C1. The van der Waals surface area contributed by atoms with Crippen LogP contribution in [0.4, 0.5) is 0 Å². The summed E-state index contributed by atoms with van der Waals surface area (Å²) in [6.07, 6.45) is 0.270. The number of β-amino-alcohol motifs (C(OH)–C–C–N with tert-alkyl or cyclic N) is 1. The third kappa shape index (κ3) is 3.15. The minimum absolute atomic E-state index is 0.0448. The fourth-order valence-corrected chi connectivity index (χ4v) is 3.16. The van der Waals surface area contributed by atoms with Crippen molar-refractivity contribution >= 4 is 23.4 Å². The fraction of sp³-hybridized carbons (Fsp3) is 0.385. The number of hydrogen-bond acceptors (Lipinski definition) is 6. The molecule has 2 aromatic rings. The second-order valence-corrected chi connectivity index (χ2v) is 6.04. The molecular weight excluding hydrogens is 298 g/mol. The first-order chi connectivity index (χ1) is 9.72. The molecular formula is C13H14ClN3O2S. The van der Waals surface area contributed by atoms with E-state index in [0.717, 1.165) is 9.92 Å². The van der Waals surface area contributed by atoms with E-state index in [0.29, 0.717) is 30.4 Å². The third-order valence-electron chi connectivity index (χ3n) is 3.08. The van der Waals surface area contributed by atoms with E-state index in [-0.39, 0.29) is 12.1 Å². The van der Waals surface area contributed by atoms with Crippen molar-refractivity contribution in [3.63, 3.8) is 0 Å². The van der Waals surface area contributed by atoms with Gasteiger partial charge in [-0.25, -0.2) is 0 Å². The summed E-state index contributed by atoms with van der Waals surface area (Å²) >= 11 is 7.66. The highest BCUT2D eigenvalue weighted by Gasteiger charge is 2.28. The summed E-state index contributed by atoms with van der Waals surface area (Å²) in [6.45, 7) is 0.566. The molecule has 0 spiro atoms. The van der Waals surface area contributed by atoms with Gasteiger partial charge in [0.15, 0.2) is 5.82 Å². The van der Waals surface area contributed by atoms with Gasteiger partial charge >= 0.3 is 0 Å². The molecule has 1 aromatic heterocycles. The molecule has 20 heavy (non-hydrogen) atoms. The lowest BCUT2D eigenvalue weighted by Crippen LogP contribution is -2.15. The maximum absolute atomic E-state index is 9.48. The molecule has 0 saturated carbocycles. The van der Waals surface area contributed by atoms with Crippen LogP contribution in [0.5, 0.6) is 0 Å². The van der Waals surface area contributed by atoms with E-state index in [1.165, 1.54) is 0 Å². The fourth-order valence-electron chi connectivity index (χ4n) is 2.08. The van der Waals surface area contributed by atoms with Crippen molar-refractivity contribution in [2.24, 2.45) is 0 Å². The van der Waals surface area contributed by atoms with Crippen molar-refractivity contribution in [1.29, 1.82) is 0 Å². The maximum Gasteiger partial charge on any atom is 0.243 e. The Hall–Kier alpha value is -1.08. The number of aliphatic hydroxyl groups excluding tert-OH is 1. The van der Waals surface area contributed by atoms with Crippen molar-refractivity contribution in [3.8, 4) is 0 Å². The largest absolute Gasteiger partial charge is 0.392 e. The third-order valence-corrected chi connectivity index (χ3v) is 4.59. The average molecular weight is 312 g/mol. The number of halogens is 1. The van der Waals surface area contributed by atoms with E-state index in [9.17, 15) is 5.11 Å². The molecule has 0 bridgehead atoms. The van der Waals surface area contributed by atoms with Gasteiger partial charge in [-0.15, -0.1) is 11.8 Å². The van der Waals surface area contributed by atoms with E-state index < -0.39 is 0 Å². The van der Waals surface area contributed by atoms with Crippen molar-refractivity contribution in [1.82, 2.24) is 15.5 Å². The zero-order chi connectivity index (χ0) is 13.9. The summed E-state index contributed by atoms with van der Waals surface area (Å²) in [5, 5.41) is 17.3. The van der Waals surface area contributed by atoms with Gasteiger partial charge in [0.05, 0.1) is 22.9 Å². The van der Waals surface area contributed by atoms with Crippen LogP contribution in [0, 0.1) is 0 Å². The van der Waals surface area contributed by atoms with Crippen molar-refractivity contribution < 1.29 is 9.63 Å². The topological polar surface area (TPSA) is 71.2 Å². The molecule has 1 saturated heterocycles. The molecule has 5 nitrogen and oxygen atoms in total. The number of aliphatic hydroxyl groups is 1. The van der Waals surface area contributed by atoms with Crippen LogP contribution in [0.2, 0.25) is 5.02 Å². The van der Waals surface area contributed by atoms with Gasteiger partial charge in [-0.1, -0.05) is 28.9 Å². The van der Waals surface area contributed by atoms with Gasteiger partial charge in [0.2, 0.25) is 5.89 Å². The van der Waals surface area contributed by atoms with Crippen LogP contribution in [0.3, 0.4) is 0 Å². The molecule has 1 aromatic carbocycles. The van der Waals surface area contributed by atoms with Crippen molar-refractivity contribution in [2.75, 3.05) is 6.54 Å². The Bertz CT molecular complexity index is 593. The van der Waals surface area contributed by atoms with Gasteiger partial charge in [0.1, 0.15) is 0 Å². The van der Waals surface area contributed by atoms with Crippen molar-refractivity contribution in [3.05, 3.63) is 41.0 Å². The van der Waals surface area contributed by atoms with Gasteiger partial charge in [-0.2, -0.15) is 4.98 Å². The summed E-state index contributed by atoms with van der Waals surface area (Å²) in [7, 11) is 0. The van der Waals surface area contributed by atoms with Crippen LogP contribution >= 0.6 is 23.4 Å². The molecule has 2 N–H and O–H groups in total. The quantitative estimate of drug-likeness (QED) is 0.845. The molecule has 2 heterocycles. The van der Waals surface area contributed by atoms with Crippen LogP contribution in [0.1, 0.15) is 24.2 Å². The second kappa shape index (κ2) is 6.13. The second-order valence-electron chi connectivity index (χ2n) is 4.62. The number of benzene rings is 1. The normalized spacial score (nSPS) is 22.3. The van der Waals surface area contributed by atoms with E-state index >= 15 is 0 Å². The van der Waals surface area contributed by atoms with Gasteiger partial charge in [-0.3, -0.25) is 0 Å². The summed E-state index contributed by atoms with van der Waals surface area (Å²) < 4.78 is 5.23. The van der Waals surface area contributed by atoms with E-state index in [1.807, 2.05) is 24.3 Å². The molecule has 1 aliphatic rings. The summed E-state index contributed by atoms with van der Waals surface area (Å²) in [4.78, 5) is 5.35. The minimum atomic E-state index is -0.340. The zero-order valence-corrected chi connectivity index (χ0v) is 12.2. The number of thioether (sulfide) groups is 1. The van der Waals surface area contributed by atoms with Crippen LogP contribution in [-0.2, 0) is 5.75 Å². The molecule has 0 unspecified atom stereocenters. The minimum Gasteiger partial charge on any atom is -0.392 e. The van der Waals surface area contributed by atoms with Crippen molar-refractivity contribution in [2.45, 2.75) is 29.2 Å². The Morgan fingerprint density at radius 2 is 2.30 bits per heavy atom. The highest BCUT2D eigenvalue weighted by molar-refractivity contribution is 7.98. The van der Waals surface area contributed by atoms with E-state index in [4.69, 9.17) is 16.1 Å². The van der Waals surface area contributed by atoms with Crippen LogP contribution in [0.25, 0.3) is 0 Å². The molecule has 2 atom stereocenters. The number of hydrogen-bond donors (Lipinski definition) is 2. The van der Waals surface area contributed by atoms with E-state index in [2.05, 4.69) is 15.5 Å². The lowest BCUT2D eigenvalue weighted by Gasteiger charge is -2.02. The zero-order valence-electron chi connectivity index (χ0n) is 10.6. The summed E-state index contributed by atoms with van der Waals surface area (Å²) in [5.74, 6) is 1.77. The predicted octanol–water partition coefficient (Wildman–Crippen LogP) is 2.41. The van der Waals surface area contributed by atoms with Gasteiger partial charge in [-0.05, 0) is 18.6 Å². The Labute approximate surface area is 125 Å². The lowest BCUT2D eigenvalue weighted by molar-refractivity contribution is 0.191. The van der Waals surface area contributed by atoms with Crippen LogP contribution in [0.15, 0.2) is 33.7 Å². The first kappa shape index (κ1) is 13.9. The van der Waals surface area contributed by atoms with Crippen LogP contribution in [-0.4, -0.2) is 27.9 Å². The Morgan fingerprint density at radius 1 is 1.45 bits per heavy atom. The molecule has 0 radical (unpaired) electrons. The predicted molar refractivity (Wildman–Crippen MR) is 76.7 cm³/mol. The number of nitrogens with one attached hydrogen (secondary N) is 1. The number of aromatic nitrogens is 2. The molecule has 3 rings (SSSR count). The molecule has 7 heteroatoms. The Morgan fingerprint density at radius 3 is 3.05 bits per heavy atom. The molecule has 1 aliphatic heterocycles. The monoisotopic (exact) mass is 311 g/mol. The standard InChI is InChI=1S/C13H14ClN3O2S/c14-9-3-1-2-4-11(9)20-7-12-16-13(19-17-12)10-5-8(18)6-15-10/h1-4,8,10,15,18H,5-7H2/t8-,10+/m1/s1. The van der Waals surface area contributed by atoms with Crippen LogP contribution < -0.4 is 5.32 Å². The highest BCUT2D eigenvalue weighted by atomic mass is 35.5. The maximum atomic E-state index is 9.48. The molecule has 0 amide bonds. The summed E-state index contributed by atoms with van der Waals surface area (Å²) in [5.41, 5.74) is 0. The Balaban J connectivity index is 1.62. The Kier molecular flexibility index (Phi) is 4.26. The van der Waals surface area contributed by atoms with E-state index in [1.54, 1.807) is 11.8 Å². The first-order valence-electron chi connectivity index (χ1n) is 6.33. The first-order valence-corrected chi connectivity index (χ1v) is 7.70. The van der Waals surface area contributed by atoms with Gasteiger partial charge < -0.3 is 14.9 Å². The average Bonchev–Trinajstić information content (AvgIpc) is 3.06. The number of nitrogens with zero attached hydrogens (tertiary/aromatic N) is 2. The smallest absolute Gasteiger partial charge is 0.243 e. The molecule has 1 fully saturated rings. The van der Waals surface area contributed by atoms with Gasteiger partial charge in [0.25, 0.3) is 0 Å². The number of rotatable bonds is 4. The summed E-state index contributed by atoms with van der Waals surface area (Å²) in [6, 6.07) is 7.62.